The number of hydrogen-bond donors (Lipinski definition) is 0. The van der Waals surface area contributed by atoms with Gasteiger partial charge in [0.2, 0.25) is 0 Å². The maximum absolute atomic E-state index is 13.2. The molecule has 0 aliphatic rings. The van der Waals surface area contributed by atoms with Crippen molar-refractivity contribution in [3.63, 3.8) is 0 Å². The third kappa shape index (κ3) is 3.63. The van der Waals surface area contributed by atoms with Gasteiger partial charge < -0.3 is 0 Å². The van der Waals surface area contributed by atoms with Crippen molar-refractivity contribution in [2.75, 3.05) is 5.33 Å². The van der Waals surface area contributed by atoms with Crippen molar-refractivity contribution in [1.29, 1.82) is 0 Å². The molecule has 0 aliphatic heterocycles. The molecule has 0 bridgehead atoms. The molecular weight excluding hydrogens is 367 g/mol. The highest BCUT2D eigenvalue weighted by Gasteiger charge is 2.13. The Labute approximate surface area is 121 Å². The number of thiophene rings is 1. The van der Waals surface area contributed by atoms with Crippen molar-refractivity contribution >= 4 is 43.2 Å². The van der Waals surface area contributed by atoms with E-state index < -0.39 is 0 Å². The molecule has 0 nitrogen and oxygen atoms in total. The van der Waals surface area contributed by atoms with Crippen LogP contribution in [0.5, 0.6) is 0 Å². The normalized spacial score (nSPS) is 12.6. The van der Waals surface area contributed by atoms with Crippen molar-refractivity contribution in [2.24, 2.45) is 0 Å². The Bertz CT molecular complexity index is 496. The van der Waals surface area contributed by atoms with Gasteiger partial charge >= 0.3 is 0 Å². The van der Waals surface area contributed by atoms with Crippen LogP contribution in [-0.2, 0) is 6.42 Å². The highest BCUT2D eigenvalue weighted by Crippen LogP contribution is 2.28. The molecule has 0 amide bonds. The third-order valence-electron chi connectivity index (χ3n) is 2.58. The molecule has 1 atom stereocenters. The van der Waals surface area contributed by atoms with Crippen LogP contribution < -0.4 is 0 Å². The number of alkyl halides is 1. The highest BCUT2D eigenvalue weighted by molar-refractivity contribution is 9.10. The first kappa shape index (κ1) is 13.2. The molecule has 0 saturated heterocycles. The first-order valence-corrected chi connectivity index (χ1v) is 8.03. The fourth-order valence-electron chi connectivity index (χ4n) is 1.73. The number of halogens is 3. The summed E-state index contributed by atoms with van der Waals surface area (Å²) in [5.74, 6) is 0.150. The largest absolute Gasteiger partial charge is 0.207 e. The van der Waals surface area contributed by atoms with Crippen LogP contribution in [-0.4, -0.2) is 5.33 Å². The van der Waals surface area contributed by atoms with Crippen LogP contribution in [0.4, 0.5) is 4.39 Å². The molecule has 90 valence electrons. The monoisotopic (exact) mass is 376 g/mol. The molecule has 2 rings (SSSR count). The standard InChI is InChI=1S/C13H11Br2FS/c14-7-10(5-13-6-11(15)8-17-13)9-2-1-3-12(16)4-9/h1-4,6,8,10H,5,7H2. The first-order chi connectivity index (χ1) is 8.19. The van der Waals surface area contributed by atoms with E-state index in [1.807, 2.05) is 6.07 Å². The zero-order chi connectivity index (χ0) is 12.3. The van der Waals surface area contributed by atoms with E-state index in [1.54, 1.807) is 23.5 Å². The average molecular weight is 378 g/mol. The van der Waals surface area contributed by atoms with Gasteiger partial charge in [-0.3, -0.25) is 0 Å². The lowest BCUT2D eigenvalue weighted by molar-refractivity contribution is 0.622. The van der Waals surface area contributed by atoms with E-state index in [0.29, 0.717) is 5.92 Å². The van der Waals surface area contributed by atoms with Gasteiger partial charge in [0, 0.05) is 20.1 Å². The van der Waals surface area contributed by atoms with Gasteiger partial charge in [0.15, 0.2) is 0 Å². The van der Waals surface area contributed by atoms with E-state index in [9.17, 15) is 4.39 Å². The summed E-state index contributed by atoms with van der Waals surface area (Å²) in [4.78, 5) is 1.31. The number of benzene rings is 1. The van der Waals surface area contributed by atoms with Gasteiger partial charge in [-0.25, -0.2) is 4.39 Å². The van der Waals surface area contributed by atoms with E-state index in [1.165, 1.54) is 10.9 Å². The third-order valence-corrected chi connectivity index (χ3v) is 5.08. The summed E-state index contributed by atoms with van der Waals surface area (Å²) in [7, 11) is 0. The Morgan fingerprint density at radius 1 is 1.29 bits per heavy atom. The highest BCUT2D eigenvalue weighted by atomic mass is 79.9. The van der Waals surface area contributed by atoms with Crippen LogP contribution in [0.15, 0.2) is 40.2 Å². The molecule has 1 aromatic heterocycles. The van der Waals surface area contributed by atoms with Gasteiger partial charge in [0.05, 0.1) is 0 Å². The van der Waals surface area contributed by atoms with Crippen LogP contribution in [0.3, 0.4) is 0 Å². The predicted molar refractivity (Wildman–Crippen MR) is 78.7 cm³/mol. The van der Waals surface area contributed by atoms with Gasteiger partial charge in [-0.2, -0.15) is 0 Å². The van der Waals surface area contributed by atoms with Crippen LogP contribution in [0.1, 0.15) is 16.4 Å². The molecule has 1 aromatic carbocycles. The van der Waals surface area contributed by atoms with Gasteiger partial charge in [-0.15, -0.1) is 11.3 Å². The Hall–Kier alpha value is -0.190. The molecule has 0 N–H and O–H groups in total. The molecule has 0 spiro atoms. The zero-order valence-electron chi connectivity index (χ0n) is 9.00. The SMILES string of the molecule is Fc1cccc(C(CBr)Cc2cc(Br)cs2)c1. The Morgan fingerprint density at radius 3 is 2.71 bits per heavy atom. The molecule has 1 heterocycles. The predicted octanol–water partition coefficient (Wildman–Crippen LogP) is 5.37. The van der Waals surface area contributed by atoms with E-state index in [0.717, 1.165) is 21.8 Å². The second kappa shape index (κ2) is 6.12. The lowest BCUT2D eigenvalue weighted by Crippen LogP contribution is -2.03. The van der Waals surface area contributed by atoms with E-state index in [2.05, 4.69) is 43.3 Å². The Balaban J connectivity index is 2.16. The van der Waals surface area contributed by atoms with Crippen molar-refractivity contribution < 1.29 is 4.39 Å². The van der Waals surface area contributed by atoms with Crippen LogP contribution >= 0.6 is 43.2 Å². The number of hydrogen-bond acceptors (Lipinski definition) is 1. The number of rotatable bonds is 4. The molecule has 0 aliphatic carbocycles. The molecule has 1 unspecified atom stereocenters. The van der Waals surface area contributed by atoms with E-state index >= 15 is 0 Å². The minimum Gasteiger partial charge on any atom is -0.207 e. The molecule has 4 heteroatoms. The second-order valence-electron chi connectivity index (χ2n) is 3.84. The average Bonchev–Trinajstić information content (AvgIpc) is 2.72. The summed E-state index contributed by atoms with van der Waals surface area (Å²) in [6.45, 7) is 0. The van der Waals surface area contributed by atoms with Crippen molar-refractivity contribution in [1.82, 2.24) is 0 Å². The summed E-state index contributed by atoms with van der Waals surface area (Å²) >= 11 is 8.69. The van der Waals surface area contributed by atoms with Crippen LogP contribution in [0.2, 0.25) is 0 Å². The lowest BCUT2D eigenvalue weighted by atomic mass is 9.97. The summed E-state index contributed by atoms with van der Waals surface area (Å²) in [6.07, 6.45) is 0.935. The lowest BCUT2D eigenvalue weighted by Gasteiger charge is -2.13. The molecule has 0 saturated carbocycles. The van der Waals surface area contributed by atoms with Gasteiger partial charge in [0.25, 0.3) is 0 Å². The first-order valence-electron chi connectivity index (χ1n) is 5.23. The molecular formula is C13H11Br2FS. The summed E-state index contributed by atoms with van der Waals surface area (Å²) in [5.41, 5.74) is 1.05. The van der Waals surface area contributed by atoms with Gasteiger partial charge in [-0.05, 0) is 52.0 Å². The van der Waals surface area contributed by atoms with Crippen molar-refractivity contribution in [2.45, 2.75) is 12.3 Å². The van der Waals surface area contributed by atoms with Crippen LogP contribution in [0, 0.1) is 5.82 Å². The minimum atomic E-state index is -0.166. The Morgan fingerprint density at radius 2 is 2.12 bits per heavy atom. The zero-order valence-corrected chi connectivity index (χ0v) is 13.0. The van der Waals surface area contributed by atoms with E-state index in [-0.39, 0.29) is 5.82 Å². The Kier molecular flexibility index (Phi) is 4.77. The van der Waals surface area contributed by atoms with Gasteiger partial charge in [0.1, 0.15) is 5.82 Å². The minimum absolute atomic E-state index is 0.166. The molecule has 0 fully saturated rings. The smallest absolute Gasteiger partial charge is 0.123 e. The fourth-order valence-corrected chi connectivity index (χ4v) is 3.86. The maximum atomic E-state index is 13.2. The van der Waals surface area contributed by atoms with E-state index in [4.69, 9.17) is 0 Å². The molecule has 2 aromatic rings. The molecule has 17 heavy (non-hydrogen) atoms. The summed E-state index contributed by atoms with van der Waals surface area (Å²) in [6, 6.07) is 8.98. The second-order valence-corrected chi connectivity index (χ2v) is 6.40. The summed E-state index contributed by atoms with van der Waals surface area (Å²) in [5, 5.41) is 2.91. The molecule has 0 radical (unpaired) electrons. The van der Waals surface area contributed by atoms with Crippen LogP contribution in [0.25, 0.3) is 0 Å². The maximum Gasteiger partial charge on any atom is 0.123 e. The topological polar surface area (TPSA) is 0 Å². The van der Waals surface area contributed by atoms with Crippen molar-refractivity contribution in [3.8, 4) is 0 Å². The fraction of sp³-hybridized carbons (Fsp3) is 0.231. The quantitative estimate of drug-likeness (QED) is 0.628. The summed E-state index contributed by atoms with van der Waals surface area (Å²) < 4.78 is 14.3. The van der Waals surface area contributed by atoms with Crippen molar-refractivity contribution in [3.05, 3.63) is 56.4 Å². The van der Waals surface area contributed by atoms with Gasteiger partial charge in [-0.1, -0.05) is 28.1 Å².